The molecule has 1 aromatic carbocycles. The molecular formula is C18H23BrN2O. The number of nitrogens with one attached hydrogen (secondary N) is 1. The normalized spacial score (nSPS) is 13.3. The van der Waals surface area contributed by atoms with Gasteiger partial charge in [-0.1, -0.05) is 54.9 Å². The second-order valence-electron chi connectivity index (χ2n) is 5.69. The molecule has 1 rings (SSSR count). The molecule has 0 spiro atoms. The molecule has 0 aliphatic rings. The fraction of sp³-hybridized carbons (Fsp3) is 0.444. The van der Waals surface area contributed by atoms with Crippen molar-refractivity contribution in [1.82, 2.24) is 5.32 Å². The van der Waals surface area contributed by atoms with Crippen LogP contribution in [-0.2, 0) is 4.79 Å². The SMILES string of the molecule is CCCC(=O)/C(C#N)=C(\N[C@@H](C)C(C)C)c1ccccc1Br. The zero-order valence-electron chi connectivity index (χ0n) is 13.6. The number of ketones is 1. The fourth-order valence-corrected chi connectivity index (χ4v) is 2.44. The first-order chi connectivity index (χ1) is 10.4. The second-order valence-corrected chi connectivity index (χ2v) is 6.55. The maximum absolute atomic E-state index is 12.3. The highest BCUT2D eigenvalue weighted by molar-refractivity contribution is 9.10. The van der Waals surface area contributed by atoms with Gasteiger partial charge in [0, 0.05) is 22.5 Å². The highest BCUT2D eigenvalue weighted by atomic mass is 79.9. The number of nitriles is 1. The van der Waals surface area contributed by atoms with Crippen LogP contribution in [0.15, 0.2) is 34.3 Å². The Kier molecular flexibility index (Phi) is 7.34. The van der Waals surface area contributed by atoms with E-state index in [4.69, 9.17) is 0 Å². The molecule has 1 atom stereocenters. The Hall–Kier alpha value is -1.60. The van der Waals surface area contributed by atoms with Gasteiger partial charge in [-0.15, -0.1) is 0 Å². The molecular weight excluding hydrogens is 340 g/mol. The average molecular weight is 363 g/mol. The summed E-state index contributed by atoms with van der Waals surface area (Å²) in [6.45, 7) is 8.21. The van der Waals surface area contributed by atoms with Crippen molar-refractivity contribution in [2.75, 3.05) is 0 Å². The number of halogens is 1. The lowest BCUT2D eigenvalue weighted by Crippen LogP contribution is -2.31. The fourth-order valence-electron chi connectivity index (χ4n) is 1.95. The molecule has 22 heavy (non-hydrogen) atoms. The number of benzene rings is 1. The topological polar surface area (TPSA) is 52.9 Å². The average Bonchev–Trinajstić information content (AvgIpc) is 2.47. The van der Waals surface area contributed by atoms with Crippen molar-refractivity contribution in [2.45, 2.75) is 46.6 Å². The van der Waals surface area contributed by atoms with Gasteiger partial charge in [-0.3, -0.25) is 4.79 Å². The molecule has 0 heterocycles. The van der Waals surface area contributed by atoms with Gasteiger partial charge in [0.05, 0.1) is 5.70 Å². The summed E-state index contributed by atoms with van der Waals surface area (Å²) >= 11 is 3.51. The van der Waals surface area contributed by atoms with E-state index >= 15 is 0 Å². The first-order valence-corrected chi connectivity index (χ1v) is 8.40. The van der Waals surface area contributed by atoms with Gasteiger partial charge < -0.3 is 5.32 Å². The Labute approximate surface area is 141 Å². The Bertz CT molecular complexity index is 599. The first kappa shape index (κ1) is 18.4. The van der Waals surface area contributed by atoms with E-state index in [-0.39, 0.29) is 17.4 Å². The zero-order chi connectivity index (χ0) is 16.7. The molecule has 3 nitrogen and oxygen atoms in total. The predicted molar refractivity (Wildman–Crippen MR) is 94.0 cm³/mol. The van der Waals surface area contributed by atoms with Crippen molar-refractivity contribution >= 4 is 27.4 Å². The van der Waals surface area contributed by atoms with Crippen molar-refractivity contribution in [3.8, 4) is 6.07 Å². The van der Waals surface area contributed by atoms with E-state index in [1.54, 1.807) is 0 Å². The van der Waals surface area contributed by atoms with Gasteiger partial charge >= 0.3 is 0 Å². The highest BCUT2D eigenvalue weighted by Crippen LogP contribution is 2.26. The Morgan fingerprint density at radius 3 is 2.45 bits per heavy atom. The summed E-state index contributed by atoms with van der Waals surface area (Å²) in [6.07, 6.45) is 1.11. The molecule has 0 bridgehead atoms. The summed E-state index contributed by atoms with van der Waals surface area (Å²) in [5.74, 6) is 0.276. The molecule has 0 aromatic heterocycles. The van der Waals surface area contributed by atoms with Crippen LogP contribution in [0.5, 0.6) is 0 Å². The second kappa shape index (κ2) is 8.75. The van der Waals surface area contributed by atoms with Crippen molar-refractivity contribution in [1.29, 1.82) is 5.26 Å². The number of carbonyl (C=O) groups excluding carboxylic acids is 1. The molecule has 0 fully saturated rings. The third-order valence-electron chi connectivity index (χ3n) is 3.63. The van der Waals surface area contributed by atoms with Crippen molar-refractivity contribution in [3.05, 3.63) is 39.9 Å². The van der Waals surface area contributed by atoms with Gasteiger partial charge in [0.25, 0.3) is 0 Å². The smallest absolute Gasteiger partial charge is 0.175 e. The van der Waals surface area contributed by atoms with Gasteiger partial charge in [0.15, 0.2) is 5.78 Å². The van der Waals surface area contributed by atoms with E-state index in [0.29, 0.717) is 18.0 Å². The largest absolute Gasteiger partial charge is 0.381 e. The lowest BCUT2D eigenvalue weighted by Gasteiger charge is -2.23. The minimum absolute atomic E-state index is 0.112. The van der Waals surface area contributed by atoms with Crippen LogP contribution in [0.1, 0.15) is 46.1 Å². The van der Waals surface area contributed by atoms with E-state index < -0.39 is 0 Å². The zero-order valence-corrected chi connectivity index (χ0v) is 15.2. The molecule has 0 saturated carbocycles. The molecule has 0 aliphatic heterocycles. The van der Waals surface area contributed by atoms with Crippen LogP contribution in [0.3, 0.4) is 0 Å². The van der Waals surface area contributed by atoms with Crippen LogP contribution in [0.25, 0.3) is 5.70 Å². The van der Waals surface area contributed by atoms with E-state index in [9.17, 15) is 10.1 Å². The summed E-state index contributed by atoms with van der Waals surface area (Å²) in [6, 6.07) is 9.90. The van der Waals surface area contributed by atoms with Crippen molar-refractivity contribution < 1.29 is 4.79 Å². The highest BCUT2D eigenvalue weighted by Gasteiger charge is 2.20. The molecule has 0 saturated heterocycles. The lowest BCUT2D eigenvalue weighted by atomic mass is 9.99. The molecule has 118 valence electrons. The Morgan fingerprint density at radius 2 is 1.95 bits per heavy atom. The standard InChI is InChI=1S/C18H23BrN2O/c1-5-8-17(22)15(11-20)18(21-13(4)12(2)3)14-9-6-7-10-16(14)19/h6-7,9-10,12-13,21H,5,8H2,1-4H3/b18-15-/t13-/m0/s1. The van der Waals surface area contributed by atoms with Crippen LogP contribution in [0, 0.1) is 17.2 Å². The van der Waals surface area contributed by atoms with Crippen molar-refractivity contribution in [3.63, 3.8) is 0 Å². The number of carbonyl (C=O) groups is 1. The molecule has 0 unspecified atom stereocenters. The number of hydrogen-bond acceptors (Lipinski definition) is 3. The first-order valence-electron chi connectivity index (χ1n) is 7.61. The lowest BCUT2D eigenvalue weighted by molar-refractivity contribution is -0.115. The maximum atomic E-state index is 12.3. The number of rotatable bonds is 7. The minimum atomic E-state index is -0.112. The van der Waals surface area contributed by atoms with Gasteiger partial charge in [-0.2, -0.15) is 5.26 Å². The third-order valence-corrected chi connectivity index (χ3v) is 4.32. The molecule has 0 amide bonds. The van der Waals surface area contributed by atoms with Crippen LogP contribution >= 0.6 is 15.9 Å². The summed E-state index contributed by atoms with van der Waals surface area (Å²) in [7, 11) is 0. The monoisotopic (exact) mass is 362 g/mol. The van der Waals surface area contributed by atoms with E-state index in [2.05, 4.69) is 48.1 Å². The minimum Gasteiger partial charge on any atom is -0.381 e. The Balaban J connectivity index is 3.42. The van der Waals surface area contributed by atoms with Crippen LogP contribution in [-0.4, -0.2) is 11.8 Å². The summed E-state index contributed by atoms with van der Waals surface area (Å²) in [5.41, 5.74) is 1.67. The summed E-state index contributed by atoms with van der Waals surface area (Å²) in [5, 5.41) is 12.9. The van der Waals surface area contributed by atoms with Gasteiger partial charge in [-0.25, -0.2) is 0 Å². The third kappa shape index (κ3) is 4.71. The number of Topliss-reactive ketones (excluding diaryl/α,β-unsaturated/α-hetero) is 1. The van der Waals surface area contributed by atoms with Crippen LogP contribution in [0.2, 0.25) is 0 Å². The number of nitrogens with zero attached hydrogens (tertiary/aromatic N) is 1. The summed E-state index contributed by atoms with van der Waals surface area (Å²) < 4.78 is 0.866. The van der Waals surface area contributed by atoms with E-state index in [1.165, 1.54) is 0 Å². The van der Waals surface area contributed by atoms with Crippen LogP contribution < -0.4 is 5.32 Å². The van der Waals surface area contributed by atoms with E-state index in [0.717, 1.165) is 16.5 Å². The molecule has 0 aliphatic carbocycles. The van der Waals surface area contributed by atoms with E-state index in [1.807, 2.05) is 31.2 Å². The van der Waals surface area contributed by atoms with Gasteiger partial charge in [0.1, 0.15) is 11.6 Å². The quantitative estimate of drug-likeness (QED) is 0.565. The van der Waals surface area contributed by atoms with Gasteiger partial charge in [0.2, 0.25) is 0 Å². The van der Waals surface area contributed by atoms with Crippen LogP contribution in [0.4, 0.5) is 0 Å². The molecule has 1 aromatic rings. The number of allylic oxidation sites excluding steroid dienone is 1. The number of hydrogen-bond donors (Lipinski definition) is 1. The van der Waals surface area contributed by atoms with Gasteiger partial charge in [-0.05, 0) is 25.3 Å². The molecule has 4 heteroatoms. The summed E-state index contributed by atoms with van der Waals surface area (Å²) in [4.78, 5) is 12.3. The molecule has 0 radical (unpaired) electrons. The van der Waals surface area contributed by atoms with Crippen molar-refractivity contribution in [2.24, 2.45) is 5.92 Å². The Morgan fingerprint density at radius 1 is 1.32 bits per heavy atom. The molecule has 1 N–H and O–H groups in total. The predicted octanol–water partition coefficient (Wildman–Crippen LogP) is 4.69. The maximum Gasteiger partial charge on any atom is 0.175 e.